The van der Waals surface area contributed by atoms with Gasteiger partial charge in [0.25, 0.3) is 0 Å². The molecule has 4 rings (SSSR count). The van der Waals surface area contributed by atoms with Crippen molar-refractivity contribution in [1.82, 2.24) is 20.4 Å². The summed E-state index contributed by atoms with van der Waals surface area (Å²) in [6.07, 6.45) is 3.89. The first-order valence-electron chi connectivity index (χ1n) is 15.8. The normalized spacial score (nSPS) is 16.4. The van der Waals surface area contributed by atoms with Crippen LogP contribution in [0.5, 0.6) is 0 Å². The van der Waals surface area contributed by atoms with E-state index in [0.29, 0.717) is 19.3 Å². The third kappa shape index (κ3) is 9.42. The minimum absolute atomic E-state index is 0.150. The number of fused-ring (bicyclic) bond motifs is 1. The van der Waals surface area contributed by atoms with Crippen LogP contribution in [-0.4, -0.2) is 77.0 Å². The molecule has 1 saturated heterocycles. The van der Waals surface area contributed by atoms with E-state index in [1.165, 1.54) is 6.08 Å². The predicted molar refractivity (Wildman–Crippen MR) is 180 cm³/mol. The smallest absolute Gasteiger partial charge is 0.408 e. The Bertz CT molecular complexity index is 1580. The van der Waals surface area contributed by atoms with Crippen LogP contribution in [0.15, 0.2) is 84.9 Å². The highest BCUT2D eigenvalue weighted by atomic mass is 16.6. The Hall–Kier alpha value is -4.66. The van der Waals surface area contributed by atoms with Gasteiger partial charge in [-0.2, -0.15) is 0 Å². The molecular formula is C37H46N4O5. The Morgan fingerprint density at radius 3 is 2.28 bits per heavy atom. The van der Waals surface area contributed by atoms with Crippen molar-refractivity contribution in [3.05, 3.63) is 96.1 Å². The van der Waals surface area contributed by atoms with E-state index in [1.807, 2.05) is 62.4 Å². The van der Waals surface area contributed by atoms with Crippen LogP contribution in [0.3, 0.4) is 0 Å². The van der Waals surface area contributed by atoms with E-state index in [2.05, 4.69) is 34.9 Å². The second-order valence-electron chi connectivity index (χ2n) is 13.5. The molecule has 4 amide bonds. The average molecular weight is 627 g/mol. The summed E-state index contributed by atoms with van der Waals surface area (Å²) in [5.41, 5.74) is 0.676. The number of piperazine rings is 1. The third-order valence-electron chi connectivity index (χ3n) is 7.97. The van der Waals surface area contributed by atoms with Gasteiger partial charge in [-0.05, 0) is 75.4 Å². The van der Waals surface area contributed by atoms with Gasteiger partial charge in [0.2, 0.25) is 17.7 Å². The number of nitrogens with zero attached hydrogens (tertiary/aromatic N) is 2. The molecule has 0 aliphatic carbocycles. The fraction of sp³-hybridized carbons (Fsp3) is 0.405. The molecule has 1 aliphatic rings. The number of ether oxygens (including phenoxy) is 1. The second-order valence-corrected chi connectivity index (χ2v) is 13.5. The summed E-state index contributed by atoms with van der Waals surface area (Å²) in [6, 6.07) is 22.8. The molecule has 46 heavy (non-hydrogen) atoms. The van der Waals surface area contributed by atoms with Crippen molar-refractivity contribution in [2.75, 3.05) is 20.1 Å². The van der Waals surface area contributed by atoms with Crippen LogP contribution >= 0.6 is 0 Å². The summed E-state index contributed by atoms with van der Waals surface area (Å²) in [4.78, 5) is 56.0. The molecule has 3 aromatic rings. The highest BCUT2D eigenvalue weighted by molar-refractivity contribution is 5.94. The molecule has 0 spiro atoms. The molecule has 1 heterocycles. The summed E-state index contributed by atoms with van der Waals surface area (Å²) in [6.45, 7) is 9.15. The van der Waals surface area contributed by atoms with Crippen molar-refractivity contribution in [3.8, 4) is 0 Å². The van der Waals surface area contributed by atoms with Gasteiger partial charge in [0.15, 0.2) is 0 Å². The zero-order valence-electron chi connectivity index (χ0n) is 27.7. The zero-order valence-corrected chi connectivity index (χ0v) is 27.7. The number of benzene rings is 3. The maximum atomic E-state index is 13.7. The maximum absolute atomic E-state index is 13.7. The molecule has 2 N–H and O–H groups in total. The van der Waals surface area contributed by atoms with E-state index < -0.39 is 23.3 Å². The van der Waals surface area contributed by atoms with E-state index >= 15 is 0 Å². The summed E-state index contributed by atoms with van der Waals surface area (Å²) in [5, 5.41) is 7.78. The van der Waals surface area contributed by atoms with Crippen molar-refractivity contribution < 1.29 is 23.9 Å². The SMILES string of the molecule is CNC(=O)C(Cc1ccccc1)N1CC(Cc2ccc3ccccc3c2)N(C(=O)/C=C/CC(C)(C)NC(=O)OC(C)(C)C)CC1=O. The zero-order chi connectivity index (χ0) is 33.5. The van der Waals surface area contributed by atoms with Crippen molar-refractivity contribution in [2.45, 2.75) is 77.1 Å². The van der Waals surface area contributed by atoms with Crippen LogP contribution in [0.25, 0.3) is 10.8 Å². The van der Waals surface area contributed by atoms with Gasteiger partial charge in [0, 0.05) is 25.6 Å². The van der Waals surface area contributed by atoms with Crippen LogP contribution in [0.1, 0.15) is 52.2 Å². The highest BCUT2D eigenvalue weighted by Crippen LogP contribution is 2.23. The number of amides is 4. The average Bonchev–Trinajstić information content (AvgIpc) is 2.99. The molecule has 0 saturated carbocycles. The van der Waals surface area contributed by atoms with Gasteiger partial charge < -0.3 is 25.2 Å². The van der Waals surface area contributed by atoms with Crippen molar-refractivity contribution in [1.29, 1.82) is 0 Å². The van der Waals surface area contributed by atoms with Crippen LogP contribution < -0.4 is 10.6 Å². The monoisotopic (exact) mass is 626 g/mol. The van der Waals surface area contributed by atoms with E-state index in [0.717, 1.165) is 21.9 Å². The molecule has 1 aliphatic heterocycles. The van der Waals surface area contributed by atoms with E-state index in [-0.39, 0.29) is 36.9 Å². The van der Waals surface area contributed by atoms with Gasteiger partial charge in [-0.3, -0.25) is 14.4 Å². The molecule has 3 aromatic carbocycles. The molecule has 9 nitrogen and oxygen atoms in total. The standard InChI is InChI=1S/C37H46N4O5/c1-36(2,3)46-35(45)39-37(4,5)20-12-17-32(42)40-25-33(43)41(31(34(44)38-6)23-26-13-8-7-9-14-26)24-30(40)22-27-18-19-28-15-10-11-16-29(28)21-27/h7-19,21,30-31H,20,22-25H2,1-6H3,(H,38,44)(H,39,45)/b17-12+. The number of carbonyl (C=O) groups is 4. The summed E-state index contributed by atoms with van der Waals surface area (Å²) >= 11 is 0. The van der Waals surface area contributed by atoms with Gasteiger partial charge in [0.1, 0.15) is 18.2 Å². The van der Waals surface area contributed by atoms with Gasteiger partial charge in [0.05, 0.1) is 6.04 Å². The maximum Gasteiger partial charge on any atom is 0.408 e. The minimum atomic E-state index is -0.716. The number of likely N-dealkylation sites (N-methyl/N-ethyl adjacent to an activating group) is 1. The highest BCUT2D eigenvalue weighted by Gasteiger charge is 2.39. The van der Waals surface area contributed by atoms with Crippen LogP contribution in [0, 0.1) is 0 Å². The fourth-order valence-electron chi connectivity index (χ4n) is 5.69. The lowest BCUT2D eigenvalue weighted by atomic mass is 9.96. The quantitative estimate of drug-likeness (QED) is 0.307. The fourth-order valence-corrected chi connectivity index (χ4v) is 5.69. The number of hydrogen-bond acceptors (Lipinski definition) is 5. The van der Waals surface area contributed by atoms with Gasteiger partial charge >= 0.3 is 6.09 Å². The third-order valence-corrected chi connectivity index (χ3v) is 7.97. The topological polar surface area (TPSA) is 108 Å². The molecule has 0 bridgehead atoms. The van der Waals surface area contributed by atoms with E-state index in [4.69, 9.17) is 4.74 Å². The molecule has 9 heteroatoms. The number of alkyl carbamates (subject to hydrolysis) is 1. The number of rotatable bonds is 10. The number of nitrogens with one attached hydrogen (secondary N) is 2. The number of hydrogen-bond donors (Lipinski definition) is 2. The first-order valence-corrected chi connectivity index (χ1v) is 15.8. The van der Waals surface area contributed by atoms with Crippen molar-refractivity contribution in [2.24, 2.45) is 0 Å². The summed E-state index contributed by atoms with van der Waals surface area (Å²) in [5.74, 6) is -0.833. The second kappa shape index (κ2) is 14.6. The molecule has 0 radical (unpaired) electrons. The van der Waals surface area contributed by atoms with Crippen LogP contribution in [0.2, 0.25) is 0 Å². The molecule has 2 unspecified atom stereocenters. The first-order chi connectivity index (χ1) is 21.7. The van der Waals surface area contributed by atoms with E-state index in [1.54, 1.807) is 43.7 Å². The van der Waals surface area contributed by atoms with Gasteiger partial charge in [-0.25, -0.2) is 4.79 Å². The lowest BCUT2D eigenvalue weighted by Crippen LogP contribution is -2.63. The summed E-state index contributed by atoms with van der Waals surface area (Å²) in [7, 11) is 1.57. The lowest BCUT2D eigenvalue weighted by Gasteiger charge is -2.43. The Morgan fingerprint density at radius 1 is 0.935 bits per heavy atom. The molecule has 1 fully saturated rings. The minimum Gasteiger partial charge on any atom is -0.444 e. The molecule has 244 valence electrons. The molecule has 2 atom stereocenters. The Labute approximate surface area is 272 Å². The molecule has 0 aromatic heterocycles. The van der Waals surface area contributed by atoms with Crippen LogP contribution in [0.4, 0.5) is 4.79 Å². The van der Waals surface area contributed by atoms with Crippen molar-refractivity contribution >= 4 is 34.6 Å². The number of carbonyl (C=O) groups excluding carboxylic acids is 4. The Kier molecular flexibility index (Phi) is 10.9. The van der Waals surface area contributed by atoms with Gasteiger partial charge in [-0.15, -0.1) is 0 Å². The van der Waals surface area contributed by atoms with E-state index in [9.17, 15) is 19.2 Å². The Morgan fingerprint density at radius 2 is 1.61 bits per heavy atom. The molecular weight excluding hydrogens is 580 g/mol. The predicted octanol–water partition coefficient (Wildman–Crippen LogP) is 5.03. The lowest BCUT2D eigenvalue weighted by molar-refractivity contribution is -0.151. The van der Waals surface area contributed by atoms with Crippen LogP contribution in [-0.2, 0) is 32.0 Å². The summed E-state index contributed by atoms with van der Waals surface area (Å²) < 4.78 is 5.38. The van der Waals surface area contributed by atoms with Crippen molar-refractivity contribution in [3.63, 3.8) is 0 Å². The van der Waals surface area contributed by atoms with Gasteiger partial charge in [-0.1, -0.05) is 78.9 Å². The first kappa shape index (κ1) is 34.2. The largest absolute Gasteiger partial charge is 0.444 e. The Balaban J connectivity index is 1.57.